The van der Waals surface area contributed by atoms with Crippen LogP contribution in [-0.2, 0) is 0 Å². The van der Waals surface area contributed by atoms with Gasteiger partial charge in [0.05, 0.1) is 0 Å². The Bertz CT molecular complexity index is 237. The number of nitrogens with zero attached hydrogens (tertiary/aromatic N) is 1. The van der Waals surface area contributed by atoms with Gasteiger partial charge in [-0.3, -0.25) is 4.90 Å². The quantitative estimate of drug-likeness (QED) is 0.818. The van der Waals surface area contributed by atoms with Gasteiger partial charge in [0.2, 0.25) is 0 Å². The monoisotopic (exact) mass is 252 g/mol. The van der Waals surface area contributed by atoms with E-state index in [9.17, 15) is 13.2 Å². The van der Waals surface area contributed by atoms with Crippen molar-refractivity contribution in [1.29, 1.82) is 0 Å². The standard InChI is InChI=1S/C12H23F3N2/c1-11(2,3)9-4-6-17(7-5-9)10(8-16)12(13,14)15/h9-10H,4-8,16H2,1-3H3. The number of rotatable bonds is 2. The molecule has 1 heterocycles. The minimum atomic E-state index is -4.21. The lowest BCUT2D eigenvalue weighted by atomic mass is 9.75. The lowest BCUT2D eigenvalue weighted by molar-refractivity contribution is -0.185. The summed E-state index contributed by atoms with van der Waals surface area (Å²) in [5.41, 5.74) is 5.43. The zero-order chi connectivity index (χ0) is 13.3. The second-order valence-corrected chi connectivity index (χ2v) is 5.97. The molecule has 0 radical (unpaired) electrons. The third-order valence-electron chi connectivity index (χ3n) is 3.80. The van der Waals surface area contributed by atoms with Gasteiger partial charge in [-0.25, -0.2) is 0 Å². The number of halogens is 3. The molecule has 1 aliphatic heterocycles. The Morgan fingerprint density at radius 2 is 1.65 bits per heavy atom. The van der Waals surface area contributed by atoms with Crippen molar-refractivity contribution in [1.82, 2.24) is 4.90 Å². The predicted octanol–water partition coefficient (Wildman–Crippen LogP) is 2.63. The van der Waals surface area contributed by atoms with Gasteiger partial charge in [0.15, 0.2) is 0 Å². The van der Waals surface area contributed by atoms with Crippen LogP contribution in [0.5, 0.6) is 0 Å². The Morgan fingerprint density at radius 1 is 1.18 bits per heavy atom. The second kappa shape index (κ2) is 5.14. The van der Waals surface area contributed by atoms with E-state index in [2.05, 4.69) is 20.8 Å². The van der Waals surface area contributed by atoms with E-state index in [4.69, 9.17) is 5.73 Å². The number of alkyl halides is 3. The van der Waals surface area contributed by atoms with E-state index in [1.54, 1.807) is 0 Å². The van der Waals surface area contributed by atoms with Gasteiger partial charge >= 0.3 is 6.18 Å². The van der Waals surface area contributed by atoms with E-state index in [1.165, 1.54) is 4.90 Å². The maximum atomic E-state index is 12.7. The van der Waals surface area contributed by atoms with E-state index in [0.717, 1.165) is 12.8 Å². The van der Waals surface area contributed by atoms with Crippen molar-refractivity contribution >= 4 is 0 Å². The van der Waals surface area contributed by atoms with Crippen LogP contribution in [0.3, 0.4) is 0 Å². The Morgan fingerprint density at radius 3 is 1.94 bits per heavy atom. The molecule has 1 saturated heterocycles. The maximum absolute atomic E-state index is 12.7. The SMILES string of the molecule is CC(C)(C)C1CCN(C(CN)C(F)(F)F)CC1. The highest BCUT2D eigenvalue weighted by atomic mass is 19.4. The van der Waals surface area contributed by atoms with Crippen LogP contribution < -0.4 is 5.73 Å². The first-order valence-corrected chi connectivity index (χ1v) is 6.17. The molecular formula is C12H23F3N2. The zero-order valence-electron chi connectivity index (χ0n) is 10.8. The highest BCUT2D eigenvalue weighted by Crippen LogP contribution is 2.36. The largest absolute Gasteiger partial charge is 0.405 e. The fourth-order valence-corrected chi connectivity index (χ4v) is 2.57. The average molecular weight is 252 g/mol. The van der Waals surface area contributed by atoms with Crippen molar-refractivity contribution in [3.63, 3.8) is 0 Å². The Balaban J connectivity index is 2.57. The molecular weight excluding hydrogens is 229 g/mol. The maximum Gasteiger partial charge on any atom is 0.405 e. The molecule has 1 unspecified atom stereocenters. The summed E-state index contributed by atoms with van der Waals surface area (Å²) < 4.78 is 38.1. The molecule has 102 valence electrons. The lowest BCUT2D eigenvalue weighted by Gasteiger charge is -2.42. The normalized spacial score (nSPS) is 22.8. The van der Waals surface area contributed by atoms with E-state index in [-0.39, 0.29) is 12.0 Å². The van der Waals surface area contributed by atoms with E-state index < -0.39 is 12.2 Å². The molecule has 0 aromatic heterocycles. The van der Waals surface area contributed by atoms with E-state index in [0.29, 0.717) is 19.0 Å². The fraction of sp³-hybridized carbons (Fsp3) is 1.00. The predicted molar refractivity (Wildman–Crippen MR) is 62.6 cm³/mol. The number of piperidine rings is 1. The van der Waals surface area contributed by atoms with Crippen molar-refractivity contribution in [2.24, 2.45) is 17.1 Å². The van der Waals surface area contributed by atoms with Crippen molar-refractivity contribution in [3.8, 4) is 0 Å². The summed E-state index contributed by atoms with van der Waals surface area (Å²) in [7, 11) is 0. The molecule has 1 atom stereocenters. The van der Waals surface area contributed by atoms with Crippen LogP contribution in [0.25, 0.3) is 0 Å². The molecule has 0 aromatic carbocycles. The Labute approximate surface area is 101 Å². The summed E-state index contributed by atoms with van der Waals surface area (Å²) in [5.74, 6) is 0.505. The second-order valence-electron chi connectivity index (χ2n) is 5.97. The fourth-order valence-electron chi connectivity index (χ4n) is 2.57. The summed E-state index contributed by atoms with van der Waals surface area (Å²) in [6.45, 7) is 7.11. The number of likely N-dealkylation sites (tertiary alicyclic amines) is 1. The van der Waals surface area contributed by atoms with E-state index in [1.807, 2.05) is 0 Å². The van der Waals surface area contributed by atoms with Crippen LogP contribution in [-0.4, -0.2) is 36.8 Å². The van der Waals surface area contributed by atoms with Gasteiger partial charge in [0, 0.05) is 6.54 Å². The van der Waals surface area contributed by atoms with Crippen molar-refractivity contribution in [2.75, 3.05) is 19.6 Å². The molecule has 0 spiro atoms. The highest BCUT2D eigenvalue weighted by molar-refractivity contribution is 4.86. The molecule has 2 N–H and O–H groups in total. The van der Waals surface area contributed by atoms with Gasteiger partial charge in [-0.05, 0) is 37.3 Å². The van der Waals surface area contributed by atoms with Crippen LogP contribution in [0.4, 0.5) is 13.2 Å². The highest BCUT2D eigenvalue weighted by Gasteiger charge is 2.44. The molecule has 17 heavy (non-hydrogen) atoms. The van der Waals surface area contributed by atoms with Crippen molar-refractivity contribution in [2.45, 2.75) is 45.8 Å². The Kier molecular flexibility index (Phi) is 4.47. The Hall–Kier alpha value is -0.290. The van der Waals surface area contributed by atoms with Crippen LogP contribution in [0.2, 0.25) is 0 Å². The zero-order valence-corrected chi connectivity index (χ0v) is 10.8. The molecule has 5 heteroatoms. The molecule has 0 aromatic rings. The van der Waals surface area contributed by atoms with Crippen LogP contribution >= 0.6 is 0 Å². The van der Waals surface area contributed by atoms with Gasteiger partial charge < -0.3 is 5.73 Å². The van der Waals surface area contributed by atoms with Gasteiger partial charge in [-0.1, -0.05) is 20.8 Å². The first-order valence-electron chi connectivity index (χ1n) is 6.17. The van der Waals surface area contributed by atoms with Crippen LogP contribution in [0, 0.1) is 11.3 Å². The number of hydrogen-bond donors (Lipinski definition) is 1. The molecule has 0 amide bonds. The molecule has 1 rings (SSSR count). The molecule has 0 bridgehead atoms. The molecule has 1 fully saturated rings. The number of hydrogen-bond acceptors (Lipinski definition) is 2. The minimum absolute atomic E-state index is 0.183. The van der Waals surface area contributed by atoms with Gasteiger partial charge in [0.1, 0.15) is 6.04 Å². The molecule has 2 nitrogen and oxygen atoms in total. The van der Waals surface area contributed by atoms with E-state index >= 15 is 0 Å². The van der Waals surface area contributed by atoms with Gasteiger partial charge in [-0.15, -0.1) is 0 Å². The molecule has 0 aliphatic carbocycles. The number of nitrogens with two attached hydrogens (primary N) is 1. The smallest absolute Gasteiger partial charge is 0.329 e. The third kappa shape index (κ3) is 3.85. The topological polar surface area (TPSA) is 29.3 Å². The van der Waals surface area contributed by atoms with Crippen LogP contribution in [0.1, 0.15) is 33.6 Å². The molecule has 0 saturated carbocycles. The summed E-state index contributed by atoms with van der Waals surface area (Å²) in [6.07, 6.45) is -2.55. The molecule has 1 aliphatic rings. The third-order valence-corrected chi connectivity index (χ3v) is 3.80. The lowest BCUT2D eigenvalue weighted by Crippen LogP contribution is -2.53. The summed E-state index contributed by atoms with van der Waals surface area (Å²) in [4.78, 5) is 1.49. The minimum Gasteiger partial charge on any atom is -0.329 e. The van der Waals surface area contributed by atoms with Gasteiger partial charge in [-0.2, -0.15) is 13.2 Å². The summed E-state index contributed by atoms with van der Waals surface area (Å²) >= 11 is 0. The average Bonchev–Trinajstić information content (AvgIpc) is 2.16. The van der Waals surface area contributed by atoms with Crippen molar-refractivity contribution < 1.29 is 13.2 Å². The van der Waals surface area contributed by atoms with Gasteiger partial charge in [0.25, 0.3) is 0 Å². The summed E-state index contributed by atoms with van der Waals surface area (Å²) in [5, 5.41) is 0. The first-order chi connectivity index (χ1) is 7.66. The first kappa shape index (κ1) is 14.8. The summed E-state index contributed by atoms with van der Waals surface area (Å²) in [6, 6.07) is -1.47. The van der Waals surface area contributed by atoms with Crippen molar-refractivity contribution in [3.05, 3.63) is 0 Å². The van der Waals surface area contributed by atoms with Crippen LogP contribution in [0.15, 0.2) is 0 Å².